The average molecular weight is 953 g/mol. The van der Waals surface area contributed by atoms with Crippen molar-refractivity contribution in [1.82, 2.24) is 0 Å². The summed E-state index contributed by atoms with van der Waals surface area (Å²) in [7, 11) is 0. The standard InChI is InChI=1S/C42H30F18N2O3/c1-33(2,3)20-8-12-24(26(16-20)38(46,47)48)23-11-7-19(15-25(23)37(43,44)45)31-61-29-13-9-21(17-27(29)35(64-31,39(49,50)51)40(52,53)54)63-22-10-14-30-28(18-22)36(41(55,56)57,42(58,59)60)65-32(62-30)34(4,5)6/h7-18H,1-6H3. The SMILES string of the molecule is CC(C)(C)C1=Nc2ccc(Oc3ccc4c(c3)C(C(F)(F)F)(C(F)(F)F)OC(c3ccc(-c5ccc(C(C)(C)C)cc5C(F)(F)F)c(C(F)(F)F)c3)=N4)cc2C(C(F)(F)F)(C(F)(F)F)O1. The van der Waals surface area contributed by atoms with E-state index in [0.29, 0.717) is 42.5 Å². The Kier molecular flexibility index (Phi) is 11.2. The van der Waals surface area contributed by atoms with E-state index in [2.05, 4.69) is 19.5 Å². The summed E-state index contributed by atoms with van der Waals surface area (Å²) < 4.78 is 278. The molecule has 0 fully saturated rings. The molecule has 0 radical (unpaired) electrons. The third kappa shape index (κ3) is 8.42. The summed E-state index contributed by atoms with van der Waals surface area (Å²) in [6.45, 7) is 8.14. The topological polar surface area (TPSA) is 52.4 Å². The lowest BCUT2D eigenvalue weighted by atomic mass is 9.83. The van der Waals surface area contributed by atoms with E-state index < -0.39 is 133 Å². The van der Waals surface area contributed by atoms with Gasteiger partial charge in [-0.3, -0.25) is 0 Å². The van der Waals surface area contributed by atoms with Gasteiger partial charge in [-0.15, -0.1) is 0 Å². The highest BCUT2D eigenvalue weighted by Crippen LogP contribution is 2.60. The van der Waals surface area contributed by atoms with Gasteiger partial charge in [-0.1, -0.05) is 59.7 Å². The number of ether oxygens (including phenoxy) is 3. The van der Waals surface area contributed by atoms with Gasteiger partial charge in [0.25, 0.3) is 0 Å². The summed E-state index contributed by atoms with van der Waals surface area (Å²) in [6.07, 6.45) is -36.5. The van der Waals surface area contributed by atoms with Crippen LogP contribution >= 0.6 is 0 Å². The molecular weight excluding hydrogens is 922 g/mol. The quantitative estimate of drug-likeness (QED) is 0.192. The van der Waals surface area contributed by atoms with Gasteiger partial charge in [0.05, 0.1) is 22.5 Å². The van der Waals surface area contributed by atoms with Crippen molar-refractivity contribution in [3.63, 3.8) is 0 Å². The van der Waals surface area contributed by atoms with Crippen molar-refractivity contribution in [2.24, 2.45) is 15.4 Å². The molecule has 23 heteroatoms. The van der Waals surface area contributed by atoms with E-state index in [0.717, 1.165) is 12.1 Å². The lowest BCUT2D eigenvalue weighted by molar-refractivity contribution is -0.371. The van der Waals surface area contributed by atoms with Crippen LogP contribution in [0, 0.1) is 5.41 Å². The third-order valence-electron chi connectivity index (χ3n) is 10.2. The number of rotatable bonds is 4. The van der Waals surface area contributed by atoms with Gasteiger partial charge in [0, 0.05) is 22.1 Å². The van der Waals surface area contributed by atoms with Gasteiger partial charge in [-0.2, -0.15) is 79.0 Å². The molecule has 0 aliphatic carbocycles. The lowest BCUT2D eigenvalue weighted by Crippen LogP contribution is -2.58. The molecule has 65 heavy (non-hydrogen) atoms. The predicted octanol–water partition coefficient (Wildman–Crippen LogP) is 15.3. The minimum Gasteiger partial charge on any atom is -0.457 e. The molecule has 0 N–H and O–H groups in total. The molecule has 0 saturated carbocycles. The molecule has 4 aromatic rings. The summed E-state index contributed by atoms with van der Waals surface area (Å²) in [5.41, 5.74) is -25.8. The van der Waals surface area contributed by atoms with Crippen molar-refractivity contribution in [1.29, 1.82) is 0 Å². The number of halogens is 18. The maximum atomic E-state index is 15.0. The highest BCUT2D eigenvalue weighted by Gasteiger charge is 2.78. The minimum atomic E-state index is -6.58. The van der Waals surface area contributed by atoms with Crippen LogP contribution in [0.1, 0.15) is 74.9 Å². The van der Waals surface area contributed by atoms with E-state index in [9.17, 15) is 79.0 Å². The summed E-state index contributed by atoms with van der Waals surface area (Å²) >= 11 is 0. The molecule has 0 saturated heterocycles. The number of hydrogen-bond donors (Lipinski definition) is 0. The number of aliphatic imine (C=N–C) groups is 2. The van der Waals surface area contributed by atoms with Crippen LogP contribution in [0.25, 0.3) is 11.1 Å². The highest BCUT2D eigenvalue weighted by molar-refractivity contribution is 5.99. The van der Waals surface area contributed by atoms with Crippen molar-refractivity contribution in [2.45, 2.75) is 95.2 Å². The van der Waals surface area contributed by atoms with E-state index in [1.165, 1.54) is 41.5 Å². The third-order valence-corrected chi connectivity index (χ3v) is 10.2. The first kappa shape index (κ1) is 48.8. The number of nitrogens with zero attached hydrogens (tertiary/aromatic N) is 2. The van der Waals surface area contributed by atoms with Crippen molar-refractivity contribution < 1.29 is 93.2 Å². The summed E-state index contributed by atoms with van der Waals surface area (Å²) in [5, 5.41) is 0. The Labute approximate surface area is 355 Å². The first-order valence-electron chi connectivity index (χ1n) is 18.5. The Bertz CT molecular complexity index is 2550. The summed E-state index contributed by atoms with van der Waals surface area (Å²) in [5.74, 6) is -4.82. The molecule has 6 rings (SSSR count). The zero-order valence-corrected chi connectivity index (χ0v) is 33.9. The van der Waals surface area contributed by atoms with Crippen LogP contribution < -0.4 is 4.74 Å². The number of hydrogen-bond acceptors (Lipinski definition) is 5. The van der Waals surface area contributed by atoms with Crippen molar-refractivity contribution >= 4 is 23.2 Å². The second-order valence-electron chi connectivity index (χ2n) is 16.9. The van der Waals surface area contributed by atoms with Crippen LogP contribution in [0.4, 0.5) is 90.4 Å². The van der Waals surface area contributed by atoms with Gasteiger partial charge in [0.15, 0.2) is 5.90 Å². The average Bonchev–Trinajstić information content (AvgIpc) is 3.13. The van der Waals surface area contributed by atoms with Gasteiger partial charge < -0.3 is 14.2 Å². The first-order valence-corrected chi connectivity index (χ1v) is 18.5. The smallest absolute Gasteiger partial charge is 0.442 e. The largest absolute Gasteiger partial charge is 0.457 e. The Balaban J connectivity index is 1.52. The molecule has 352 valence electrons. The van der Waals surface area contributed by atoms with Gasteiger partial charge in [-0.05, 0) is 76.7 Å². The van der Waals surface area contributed by atoms with E-state index in [1.54, 1.807) is 0 Å². The van der Waals surface area contributed by atoms with E-state index >= 15 is 0 Å². The molecule has 0 unspecified atom stereocenters. The molecule has 0 spiro atoms. The maximum Gasteiger partial charge on any atom is 0.442 e. The molecule has 2 aliphatic heterocycles. The van der Waals surface area contributed by atoms with E-state index in [4.69, 9.17) is 4.74 Å². The van der Waals surface area contributed by atoms with Gasteiger partial charge in [0.2, 0.25) is 5.90 Å². The Morgan fingerprint density at radius 3 is 1.28 bits per heavy atom. The molecule has 0 atom stereocenters. The number of fused-ring (bicyclic) bond motifs is 2. The molecular formula is C42H30F18N2O3. The second kappa shape index (κ2) is 14.9. The number of benzene rings is 4. The number of alkyl halides is 18. The molecule has 0 bridgehead atoms. The van der Waals surface area contributed by atoms with Crippen LogP contribution in [0.15, 0.2) is 82.8 Å². The zero-order valence-electron chi connectivity index (χ0n) is 33.9. The minimum absolute atomic E-state index is 0.00662. The van der Waals surface area contributed by atoms with E-state index in [-0.39, 0.29) is 23.8 Å². The van der Waals surface area contributed by atoms with Crippen molar-refractivity contribution in [2.75, 3.05) is 0 Å². The monoisotopic (exact) mass is 952 g/mol. The van der Waals surface area contributed by atoms with Crippen LogP contribution in [-0.2, 0) is 38.4 Å². The fraction of sp³-hybridized carbons (Fsp3) is 0.381. The zero-order chi connectivity index (χ0) is 49.1. The summed E-state index contributed by atoms with van der Waals surface area (Å²) in [6, 6.07) is 5.63. The Morgan fingerprint density at radius 2 is 0.862 bits per heavy atom. The highest BCUT2D eigenvalue weighted by atomic mass is 19.4. The van der Waals surface area contributed by atoms with E-state index in [1.807, 2.05) is 0 Å². The fourth-order valence-electron chi connectivity index (χ4n) is 6.95. The van der Waals surface area contributed by atoms with Crippen LogP contribution in [-0.4, -0.2) is 36.5 Å². The lowest BCUT2D eigenvalue weighted by Gasteiger charge is -2.42. The normalized spacial score (nSPS) is 17.0. The Morgan fingerprint density at radius 1 is 0.446 bits per heavy atom. The van der Waals surface area contributed by atoms with Crippen molar-refractivity contribution in [3.05, 3.63) is 106 Å². The van der Waals surface area contributed by atoms with Crippen molar-refractivity contribution in [3.8, 4) is 22.6 Å². The van der Waals surface area contributed by atoms with Gasteiger partial charge in [0.1, 0.15) is 11.5 Å². The molecule has 2 heterocycles. The second-order valence-corrected chi connectivity index (χ2v) is 16.9. The maximum absolute atomic E-state index is 15.0. The first-order chi connectivity index (χ1) is 29.2. The molecule has 5 nitrogen and oxygen atoms in total. The Hall–Kier alpha value is -5.64. The van der Waals surface area contributed by atoms with Gasteiger partial charge >= 0.3 is 48.3 Å². The predicted molar refractivity (Wildman–Crippen MR) is 196 cm³/mol. The molecule has 2 aliphatic rings. The van der Waals surface area contributed by atoms with Crippen LogP contribution in [0.3, 0.4) is 0 Å². The van der Waals surface area contributed by atoms with Crippen LogP contribution in [0.2, 0.25) is 0 Å². The van der Waals surface area contributed by atoms with Crippen LogP contribution in [0.5, 0.6) is 11.5 Å². The van der Waals surface area contributed by atoms with Gasteiger partial charge in [-0.25, -0.2) is 9.98 Å². The molecule has 0 aromatic heterocycles. The summed E-state index contributed by atoms with van der Waals surface area (Å²) in [4.78, 5) is 7.34. The molecule has 0 amide bonds. The molecule has 4 aromatic carbocycles. The fourth-order valence-corrected chi connectivity index (χ4v) is 6.95.